The van der Waals surface area contributed by atoms with Gasteiger partial charge in [0, 0.05) is 0 Å². The Bertz CT molecular complexity index is 349. The van der Waals surface area contributed by atoms with Gasteiger partial charge < -0.3 is 10.1 Å². The molecule has 0 heterocycles. The molecule has 0 fully saturated rings. The molecule has 2 nitrogen and oxygen atoms in total. The molecule has 19 heavy (non-hydrogen) atoms. The summed E-state index contributed by atoms with van der Waals surface area (Å²) in [5, 5.41) is 3.08. The molecule has 0 radical (unpaired) electrons. The summed E-state index contributed by atoms with van der Waals surface area (Å²) in [6, 6.07) is 4.82. The normalized spacial score (nSPS) is 11.6. The van der Waals surface area contributed by atoms with E-state index in [-0.39, 0.29) is 0 Å². The standard InChI is InChI=1S/C14H20F3NO/c1-18-10-4-2-3-5-11-19-13-8-6-12(7-9-13)14(15,16)17/h6-9,18H,2-5,10-11H2,1H3. The number of unbranched alkanes of at least 4 members (excludes halogenated alkanes) is 3. The molecule has 1 N–H and O–H groups in total. The Morgan fingerprint density at radius 3 is 2.21 bits per heavy atom. The molecule has 0 spiro atoms. The van der Waals surface area contributed by atoms with Gasteiger partial charge in [-0.25, -0.2) is 0 Å². The molecule has 1 aromatic rings. The molecule has 0 saturated heterocycles. The van der Waals surface area contributed by atoms with Gasteiger partial charge in [0.2, 0.25) is 0 Å². The van der Waals surface area contributed by atoms with Crippen molar-refractivity contribution in [3.05, 3.63) is 29.8 Å². The number of hydrogen-bond donors (Lipinski definition) is 1. The predicted octanol–water partition coefficient (Wildman–Crippen LogP) is 3.86. The summed E-state index contributed by atoms with van der Waals surface area (Å²) in [5.74, 6) is 0.489. The molecule has 0 amide bonds. The smallest absolute Gasteiger partial charge is 0.416 e. The Kier molecular flexibility index (Phi) is 6.70. The number of rotatable bonds is 8. The van der Waals surface area contributed by atoms with Gasteiger partial charge in [-0.2, -0.15) is 13.2 Å². The van der Waals surface area contributed by atoms with Crippen LogP contribution in [0.5, 0.6) is 5.75 Å². The highest BCUT2D eigenvalue weighted by molar-refractivity contribution is 5.28. The third kappa shape index (κ3) is 6.47. The molecule has 108 valence electrons. The zero-order chi connectivity index (χ0) is 14.1. The minimum Gasteiger partial charge on any atom is -0.494 e. The maximum absolute atomic E-state index is 12.3. The van der Waals surface area contributed by atoms with Crippen LogP contribution in [0.3, 0.4) is 0 Å². The summed E-state index contributed by atoms with van der Waals surface area (Å²) in [5.41, 5.74) is -0.646. The Balaban J connectivity index is 2.20. The Labute approximate surface area is 112 Å². The van der Waals surface area contributed by atoms with Gasteiger partial charge in [0.25, 0.3) is 0 Å². The lowest BCUT2D eigenvalue weighted by Gasteiger charge is -2.09. The maximum Gasteiger partial charge on any atom is 0.416 e. The summed E-state index contributed by atoms with van der Waals surface area (Å²) in [6.45, 7) is 1.56. The molecule has 0 aliphatic carbocycles. The lowest BCUT2D eigenvalue weighted by molar-refractivity contribution is -0.137. The number of nitrogens with one attached hydrogen (secondary N) is 1. The Morgan fingerprint density at radius 2 is 1.63 bits per heavy atom. The second kappa shape index (κ2) is 8.04. The van der Waals surface area contributed by atoms with Crippen molar-refractivity contribution in [3.63, 3.8) is 0 Å². The van der Waals surface area contributed by atoms with Crippen molar-refractivity contribution in [2.24, 2.45) is 0 Å². The van der Waals surface area contributed by atoms with Crippen molar-refractivity contribution >= 4 is 0 Å². The summed E-state index contributed by atoms with van der Waals surface area (Å²) in [6.07, 6.45) is -0.0209. The molecule has 1 aromatic carbocycles. The topological polar surface area (TPSA) is 21.3 Å². The summed E-state index contributed by atoms with van der Waals surface area (Å²) in [4.78, 5) is 0. The van der Waals surface area contributed by atoms with Crippen LogP contribution < -0.4 is 10.1 Å². The lowest BCUT2D eigenvalue weighted by Crippen LogP contribution is -2.07. The van der Waals surface area contributed by atoms with Gasteiger partial charge >= 0.3 is 6.18 Å². The van der Waals surface area contributed by atoms with Gasteiger partial charge in [0.1, 0.15) is 5.75 Å². The molecule has 0 aliphatic heterocycles. The van der Waals surface area contributed by atoms with E-state index >= 15 is 0 Å². The van der Waals surface area contributed by atoms with E-state index < -0.39 is 11.7 Å². The molecule has 0 aromatic heterocycles. The van der Waals surface area contributed by atoms with E-state index in [1.54, 1.807) is 0 Å². The van der Waals surface area contributed by atoms with E-state index in [0.717, 1.165) is 44.4 Å². The van der Waals surface area contributed by atoms with Crippen LogP contribution in [0.25, 0.3) is 0 Å². The number of ether oxygens (including phenoxy) is 1. The quantitative estimate of drug-likeness (QED) is 0.727. The van der Waals surface area contributed by atoms with Crippen LogP contribution in [-0.4, -0.2) is 20.2 Å². The molecule has 5 heteroatoms. The SMILES string of the molecule is CNCCCCCCOc1ccc(C(F)(F)F)cc1. The molecule has 1 rings (SSSR count). The molecule has 0 unspecified atom stereocenters. The number of benzene rings is 1. The summed E-state index contributed by atoms with van der Waals surface area (Å²) < 4.78 is 42.4. The maximum atomic E-state index is 12.3. The van der Waals surface area contributed by atoms with E-state index in [1.807, 2.05) is 7.05 Å². The van der Waals surface area contributed by atoms with Gasteiger partial charge in [-0.3, -0.25) is 0 Å². The third-order valence-electron chi connectivity index (χ3n) is 2.77. The fourth-order valence-electron chi connectivity index (χ4n) is 1.69. The van der Waals surface area contributed by atoms with Crippen LogP contribution in [-0.2, 0) is 6.18 Å². The van der Waals surface area contributed by atoms with E-state index in [2.05, 4.69) is 5.32 Å². The first-order valence-electron chi connectivity index (χ1n) is 6.48. The van der Waals surface area contributed by atoms with Crippen molar-refractivity contribution in [1.29, 1.82) is 0 Å². The summed E-state index contributed by atoms with van der Waals surface area (Å²) in [7, 11) is 1.92. The van der Waals surface area contributed by atoms with Crippen LogP contribution in [0.4, 0.5) is 13.2 Å². The first-order chi connectivity index (χ1) is 9.04. The van der Waals surface area contributed by atoms with Gasteiger partial charge in [-0.05, 0) is 50.7 Å². The van der Waals surface area contributed by atoms with Crippen LogP contribution in [0.2, 0.25) is 0 Å². The second-order valence-electron chi connectivity index (χ2n) is 4.39. The highest BCUT2D eigenvalue weighted by Gasteiger charge is 2.29. The first kappa shape index (κ1) is 15.8. The van der Waals surface area contributed by atoms with Crippen LogP contribution in [0.1, 0.15) is 31.2 Å². The van der Waals surface area contributed by atoms with Crippen molar-refractivity contribution in [2.45, 2.75) is 31.9 Å². The molecule has 0 bridgehead atoms. The van der Waals surface area contributed by atoms with Crippen molar-refractivity contribution in [1.82, 2.24) is 5.32 Å². The van der Waals surface area contributed by atoms with E-state index in [1.165, 1.54) is 12.1 Å². The highest BCUT2D eigenvalue weighted by Crippen LogP contribution is 2.30. The average Bonchev–Trinajstić information content (AvgIpc) is 2.37. The fraction of sp³-hybridized carbons (Fsp3) is 0.571. The monoisotopic (exact) mass is 275 g/mol. The highest BCUT2D eigenvalue weighted by atomic mass is 19.4. The fourth-order valence-corrected chi connectivity index (χ4v) is 1.69. The van der Waals surface area contributed by atoms with Crippen molar-refractivity contribution in [2.75, 3.05) is 20.2 Å². The van der Waals surface area contributed by atoms with E-state index in [9.17, 15) is 13.2 Å². The van der Waals surface area contributed by atoms with Gasteiger partial charge in [0.05, 0.1) is 12.2 Å². The summed E-state index contributed by atoms with van der Waals surface area (Å²) >= 11 is 0. The van der Waals surface area contributed by atoms with Gasteiger partial charge in [-0.1, -0.05) is 12.8 Å². The number of hydrogen-bond acceptors (Lipinski definition) is 2. The average molecular weight is 275 g/mol. The molecule has 0 saturated carbocycles. The van der Waals surface area contributed by atoms with E-state index in [4.69, 9.17) is 4.74 Å². The molecular weight excluding hydrogens is 255 g/mol. The first-order valence-corrected chi connectivity index (χ1v) is 6.48. The van der Waals surface area contributed by atoms with Crippen LogP contribution in [0, 0.1) is 0 Å². The van der Waals surface area contributed by atoms with Crippen LogP contribution in [0.15, 0.2) is 24.3 Å². The largest absolute Gasteiger partial charge is 0.494 e. The molecular formula is C14H20F3NO. The predicted molar refractivity (Wildman–Crippen MR) is 69.3 cm³/mol. The second-order valence-corrected chi connectivity index (χ2v) is 4.39. The minimum atomic E-state index is -4.29. The van der Waals surface area contributed by atoms with Gasteiger partial charge in [0.15, 0.2) is 0 Å². The number of alkyl halides is 3. The number of halogens is 3. The Morgan fingerprint density at radius 1 is 1.00 bits per heavy atom. The lowest BCUT2D eigenvalue weighted by atomic mass is 10.2. The van der Waals surface area contributed by atoms with Crippen LogP contribution >= 0.6 is 0 Å². The van der Waals surface area contributed by atoms with E-state index in [0.29, 0.717) is 12.4 Å². The third-order valence-corrected chi connectivity index (χ3v) is 2.77. The minimum absolute atomic E-state index is 0.489. The molecule has 0 aliphatic rings. The molecule has 0 atom stereocenters. The Hall–Kier alpha value is -1.23. The van der Waals surface area contributed by atoms with Crippen molar-refractivity contribution in [3.8, 4) is 5.75 Å². The zero-order valence-electron chi connectivity index (χ0n) is 11.1. The van der Waals surface area contributed by atoms with Gasteiger partial charge in [-0.15, -0.1) is 0 Å². The zero-order valence-corrected chi connectivity index (χ0v) is 11.1. The van der Waals surface area contributed by atoms with Crippen molar-refractivity contribution < 1.29 is 17.9 Å².